The molecule has 3 aromatic rings. The summed E-state index contributed by atoms with van der Waals surface area (Å²) in [6.45, 7) is 5.74. The lowest BCUT2D eigenvalue weighted by atomic mass is 9.82. The maximum Gasteiger partial charge on any atom is 0.264 e. The summed E-state index contributed by atoms with van der Waals surface area (Å²) in [5.41, 5.74) is 0.762. The number of likely N-dealkylation sites (tertiary alicyclic amines) is 1. The van der Waals surface area contributed by atoms with Gasteiger partial charge in [-0.1, -0.05) is 37.3 Å². The monoisotopic (exact) mass is 659 g/mol. The van der Waals surface area contributed by atoms with E-state index in [4.69, 9.17) is 9.47 Å². The molecule has 6 rings (SSSR count). The predicted octanol–water partition coefficient (Wildman–Crippen LogP) is 5.64. The van der Waals surface area contributed by atoms with Crippen LogP contribution in [0.25, 0.3) is 0 Å². The Morgan fingerprint density at radius 3 is 2.49 bits per heavy atom. The number of nitrogens with zero attached hydrogens (tertiary/aromatic N) is 2. The van der Waals surface area contributed by atoms with Gasteiger partial charge in [0.1, 0.15) is 5.75 Å². The average Bonchev–Trinajstić information content (AvgIpc) is 3.72. The topological polar surface area (TPSA) is 108 Å². The zero-order valence-corrected chi connectivity index (χ0v) is 28.2. The molecule has 47 heavy (non-hydrogen) atoms. The SMILES string of the molecule is COc1ccc(C(=O)Nc2ccc3c(c2)[C@@]2(O[C@H](CC(=O)N4CCC[C@H]4CO)[C@@H]([Si](C)(C)F)[C@@H]2C)C(=O)N3Cc2ccccc2)cc1. The van der Waals surface area contributed by atoms with E-state index in [0.717, 1.165) is 12.0 Å². The van der Waals surface area contributed by atoms with E-state index in [0.29, 0.717) is 41.2 Å². The predicted molar refractivity (Wildman–Crippen MR) is 180 cm³/mol. The van der Waals surface area contributed by atoms with E-state index in [1.54, 1.807) is 72.5 Å². The fourth-order valence-corrected chi connectivity index (χ4v) is 10.3. The van der Waals surface area contributed by atoms with Crippen LogP contribution in [0.4, 0.5) is 15.5 Å². The molecule has 2 saturated heterocycles. The van der Waals surface area contributed by atoms with Crippen LogP contribution in [0.5, 0.6) is 5.75 Å². The minimum Gasteiger partial charge on any atom is -0.497 e. The minimum atomic E-state index is -3.51. The van der Waals surface area contributed by atoms with Crippen LogP contribution >= 0.6 is 0 Å². The molecule has 248 valence electrons. The lowest BCUT2D eigenvalue weighted by Crippen LogP contribution is -2.45. The summed E-state index contributed by atoms with van der Waals surface area (Å²) in [5.74, 6) is -0.820. The van der Waals surface area contributed by atoms with E-state index in [1.165, 1.54) is 0 Å². The first kappa shape index (κ1) is 32.9. The maximum atomic E-state index is 16.3. The lowest BCUT2D eigenvalue weighted by molar-refractivity contribution is -0.150. The molecule has 1 spiro atoms. The van der Waals surface area contributed by atoms with Crippen molar-refractivity contribution in [2.45, 2.75) is 69.1 Å². The van der Waals surface area contributed by atoms with Gasteiger partial charge in [0.25, 0.3) is 11.8 Å². The van der Waals surface area contributed by atoms with Crippen LogP contribution in [-0.4, -0.2) is 68.5 Å². The summed E-state index contributed by atoms with van der Waals surface area (Å²) in [4.78, 5) is 44.9. The standard InChI is InChI=1S/C36H42FN3O6Si/c1-23-33(47(3,4)37)31(20-32(42)39-18-8-11-27(39)22-41)46-36(23)29-19-26(38-34(43)25-12-15-28(45-2)16-13-25)14-17-30(29)40(35(36)44)21-24-9-6-5-7-10-24/h5-7,9-10,12-17,19,23,27,31,33,41H,8,11,18,20-22H2,1-4H3,(H,38,43)/t23-,27-,31+,33-,36+/m0/s1. The third-order valence-corrected chi connectivity index (χ3v) is 12.5. The second kappa shape index (κ2) is 12.9. The summed E-state index contributed by atoms with van der Waals surface area (Å²) in [5, 5.41) is 12.8. The Balaban J connectivity index is 1.39. The average molecular weight is 660 g/mol. The number of aliphatic hydroxyl groups is 1. The molecule has 2 fully saturated rings. The fourth-order valence-electron chi connectivity index (χ4n) is 7.84. The Morgan fingerprint density at radius 1 is 1.11 bits per heavy atom. The molecule has 0 aromatic heterocycles. The molecule has 0 saturated carbocycles. The first-order valence-electron chi connectivity index (χ1n) is 16.2. The molecule has 3 aromatic carbocycles. The largest absolute Gasteiger partial charge is 0.497 e. The third kappa shape index (κ3) is 5.96. The molecule has 0 unspecified atom stereocenters. The normalized spacial score (nSPS) is 25.4. The molecule has 3 aliphatic heterocycles. The Morgan fingerprint density at radius 2 is 1.83 bits per heavy atom. The van der Waals surface area contributed by atoms with Crippen LogP contribution in [0.3, 0.4) is 0 Å². The van der Waals surface area contributed by atoms with Crippen LogP contribution < -0.4 is 15.0 Å². The number of carbonyl (C=O) groups is 3. The van der Waals surface area contributed by atoms with Crippen LogP contribution in [0, 0.1) is 5.92 Å². The quantitative estimate of drug-likeness (QED) is 0.227. The molecule has 0 bridgehead atoms. The number of ether oxygens (including phenoxy) is 2. The van der Waals surface area contributed by atoms with Gasteiger partial charge in [-0.15, -0.1) is 0 Å². The number of hydrogen-bond donors (Lipinski definition) is 2. The Labute approximate surface area is 275 Å². The number of amides is 3. The molecular formula is C36H42FN3O6Si. The van der Waals surface area contributed by atoms with Gasteiger partial charge in [0.2, 0.25) is 14.3 Å². The summed E-state index contributed by atoms with van der Waals surface area (Å²) < 4.78 is 28.4. The number of fused-ring (bicyclic) bond motifs is 2. The van der Waals surface area contributed by atoms with Gasteiger partial charge in [0, 0.05) is 34.8 Å². The van der Waals surface area contributed by atoms with Gasteiger partial charge in [-0.25, -0.2) is 0 Å². The highest BCUT2D eigenvalue weighted by Crippen LogP contribution is 2.60. The van der Waals surface area contributed by atoms with Crippen molar-refractivity contribution in [2.24, 2.45) is 5.92 Å². The lowest BCUT2D eigenvalue weighted by Gasteiger charge is -2.31. The molecule has 3 aliphatic rings. The zero-order chi connectivity index (χ0) is 33.5. The smallest absolute Gasteiger partial charge is 0.264 e. The molecule has 0 aliphatic carbocycles. The van der Waals surface area contributed by atoms with E-state index in [1.807, 2.05) is 37.3 Å². The van der Waals surface area contributed by atoms with Crippen molar-refractivity contribution < 1.29 is 33.1 Å². The van der Waals surface area contributed by atoms with Gasteiger partial charge < -0.3 is 33.8 Å². The first-order valence-corrected chi connectivity index (χ1v) is 19.2. The van der Waals surface area contributed by atoms with Crippen molar-refractivity contribution in [3.63, 3.8) is 0 Å². The van der Waals surface area contributed by atoms with Crippen LogP contribution in [-0.2, 0) is 26.5 Å². The highest BCUT2D eigenvalue weighted by atomic mass is 28.4. The number of nitrogens with one attached hydrogen (secondary N) is 1. The number of hydrogen-bond acceptors (Lipinski definition) is 6. The van der Waals surface area contributed by atoms with E-state index >= 15 is 4.11 Å². The Hall–Kier alpha value is -4.06. The van der Waals surface area contributed by atoms with Crippen molar-refractivity contribution >= 4 is 37.5 Å². The number of anilines is 2. The fraction of sp³-hybridized carbons (Fsp3) is 0.417. The molecule has 3 heterocycles. The molecular weight excluding hydrogens is 617 g/mol. The highest BCUT2D eigenvalue weighted by Gasteiger charge is 2.67. The van der Waals surface area contributed by atoms with Gasteiger partial charge in [-0.2, -0.15) is 0 Å². The second-order valence-corrected chi connectivity index (χ2v) is 17.1. The molecule has 9 nitrogen and oxygen atoms in total. The number of rotatable bonds is 9. The van der Waals surface area contributed by atoms with Gasteiger partial charge in [-0.05, 0) is 74.0 Å². The van der Waals surface area contributed by atoms with Crippen LogP contribution in [0.1, 0.15) is 47.7 Å². The summed E-state index contributed by atoms with van der Waals surface area (Å²) in [6.07, 6.45) is 0.589. The van der Waals surface area contributed by atoms with Gasteiger partial charge >= 0.3 is 0 Å². The summed E-state index contributed by atoms with van der Waals surface area (Å²) in [6, 6.07) is 21.4. The zero-order valence-electron chi connectivity index (χ0n) is 27.2. The Kier molecular flexibility index (Phi) is 8.99. The van der Waals surface area contributed by atoms with E-state index in [9.17, 15) is 19.5 Å². The van der Waals surface area contributed by atoms with Gasteiger partial charge in [0.05, 0.1) is 44.5 Å². The van der Waals surface area contributed by atoms with E-state index in [-0.39, 0.29) is 43.3 Å². The van der Waals surface area contributed by atoms with Crippen molar-refractivity contribution in [3.8, 4) is 5.75 Å². The van der Waals surface area contributed by atoms with E-state index in [2.05, 4.69) is 5.32 Å². The number of carbonyl (C=O) groups excluding carboxylic acids is 3. The van der Waals surface area contributed by atoms with Gasteiger partial charge in [0.15, 0.2) is 5.60 Å². The third-order valence-electron chi connectivity index (χ3n) is 10.0. The molecule has 2 N–H and O–H groups in total. The van der Waals surface area contributed by atoms with Crippen molar-refractivity contribution in [1.29, 1.82) is 0 Å². The molecule has 5 atom stereocenters. The van der Waals surface area contributed by atoms with E-state index < -0.39 is 31.6 Å². The first-order chi connectivity index (χ1) is 22.5. The Bertz CT molecular complexity index is 1650. The number of benzene rings is 3. The second-order valence-electron chi connectivity index (χ2n) is 13.3. The number of halogens is 1. The molecule has 3 amide bonds. The summed E-state index contributed by atoms with van der Waals surface area (Å²) >= 11 is 0. The van der Waals surface area contributed by atoms with Crippen molar-refractivity contribution in [1.82, 2.24) is 4.90 Å². The van der Waals surface area contributed by atoms with Gasteiger partial charge in [-0.3, -0.25) is 14.4 Å². The van der Waals surface area contributed by atoms with Crippen molar-refractivity contribution in [2.75, 3.05) is 30.5 Å². The van der Waals surface area contributed by atoms with Crippen LogP contribution in [0.15, 0.2) is 72.8 Å². The van der Waals surface area contributed by atoms with Crippen LogP contribution in [0.2, 0.25) is 18.6 Å². The highest BCUT2D eigenvalue weighted by molar-refractivity contribution is 6.72. The maximum absolute atomic E-state index is 16.3. The van der Waals surface area contributed by atoms with Crippen molar-refractivity contribution in [3.05, 3.63) is 89.5 Å². The number of methoxy groups -OCH3 is 1. The summed E-state index contributed by atoms with van der Waals surface area (Å²) in [7, 11) is -1.95. The molecule has 11 heteroatoms. The molecule has 0 radical (unpaired) electrons. The number of aliphatic hydroxyl groups excluding tert-OH is 1. The minimum absolute atomic E-state index is 0.0806.